The van der Waals surface area contributed by atoms with E-state index >= 15 is 0 Å². The first-order valence-electron chi connectivity index (χ1n) is 0. The average molecular weight is 307 g/mol. The molecule has 4 nitrogen and oxygen atoms in total. The van der Waals surface area contributed by atoms with Crippen molar-refractivity contribution in [3.63, 3.8) is 0 Å². The summed E-state index contributed by atoms with van der Waals surface area (Å²) in [5.41, 5.74) is 0. The van der Waals surface area contributed by atoms with Crippen LogP contribution in [0.5, 0.6) is 0 Å². The molecule has 0 aromatic carbocycles. The number of hydrogen-bond acceptors (Lipinski definition) is 0. The Morgan fingerprint density at radius 3 is 0.500 bits per heavy atom. The smallest absolute Gasteiger partial charge is 2.00 e. The van der Waals surface area contributed by atoms with Crippen molar-refractivity contribution in [2.24, 2.45) is 0 Å². The normalized spacial score (nSPS) is 0. The van der Waals surface area contributed by atoms with Gasteiger partial charge in [0.25, 0.3) is 0 Å². The average Bonchev–Trinajstić information content (AvgIpc) is 0. The van der Waals surface area contributed by atoms with Crippen molar-refractivity contribution in [2.75, 3.05) is 0 Å². The zero-order valence-electron chi connectivity index (χ0n) is 2.37. The van der Waals surface area contributed by atoms with E-state index in [0.29, 0.717) is 0 Å². The second-order valence-corrected chi connectivity index (χ2v) is 0. The van der Waals surface area contributed by atoms with Crippen molar-refractivity contribution in [2.45, 2.75) is 0 Å². The number of hydrogen-bond donors (Lipinski definition) is 0. The van der Waals surface area contributed by atoms with E-state index in [2.05, 4.69) is 0 Å². The molecule has 0 heterocycles. The Labute approximate surface area is 60.0 Å². The molecule has 0 aromatic rings. The summed E-state index contributed by atoms with van der Waals surface area (Å²) in [4.78, 5) is 0. The minimum atomic E-state index is 0. The predicted octanol–water partition coefficient (Wildman–Crippen LogP) is -0.480. The monoisotopic (exact) mass is 307 g/mol. The van der Waals surface area contributed by atoms with Crippen molar-refractivity contribution in [3.8, 4) is 0 Å². The van der Waals surface area contributed by atoms with Crippen LogP contribution in [-0.4, -0.2) is 0 Å². The molecule has 0 fully saturated rings. The Balaban J connectivity index is 0. The summed E-state index contributed by atoms with van der Waals surface area (Å²) in [7, 11) is 0. The van der Waals surface area contributed by atoms with E-state index in [9.17, 15) is 0 Å². The minimum Gasteiger partial charge on any atom is -2.00 e. The fourth-order valence-electron chi connectivity index (χ4n) is 0. The SMILES string of the molecule is [Co+2].[O-2].[O-2].[O-2].[O-2].[W+6]. The third kappa shape index (κ3) is 76.5. The van der Waals surface area contributed by atoms with Gasteiger partial charge in [0.1, 0.15) is 0 Å². The molecule has 0 aromatic heterocycles. The summed E-state index contributed by atoms with van der Waals surface area (Å²) in [5.74, 6) is 0. The van der Waals surface area contributed by atoms with Gasteiger partial charge in [0.15, 0.2) is 0 Å². The molecule has 0 saturated carbocycles. The van der Waals surface area contributed by atoms with E-state index < -0.39 is 0 Å². The third-order valence-corrected chi connectivity index (χ3v) is 0. The molecule has 0 spiro atoms. The quantitative estimate of drug-likeness (QED) is 0.575. The molecule has 0 unspecified atom stereocenters. The molecule has 6 heteroatoms. The molecule has 0 aliphatic carbocycles. The van der Waals surface area contributed by atoms with Gasteiger partial charge in [0.2, 0.25) is 0 Å². The van der Waals surface area contributed by atoms with E-state index in [-0.39, 0.29) is 59.7 Å². The van der Waals surface area contributed by atoms with Crippen LogP contribution in [0.25, 0.3) is 0 Å². The molecule has 6 heavy (non-hydrogen) atoms. The van der Waals surface area contributed by atoms with Crippen LogP contribution in [-0.2, 0) is 59.7 Å². The largest absolute Gasteiger partial charge is 6.00 e. The summed E-state index contributed by atoms with van der Waals surface area (Å²) in [6.07, 6.45) is 0. The molecule has 0 rings (SSSR count). The molecule has 0 aliphatic heterocycles. The first kappa shape index (κ1) is 239. The van der Waals surface area contributed by atoms with Crippen molar-refractivity contribution >= 4 is 0 Å². The van der Waals surface area contributed by atoms with Crippen molar-refractivity contribution < 1.29 is 59.7 Å². The molecule has 0 atom stereocenters. The maximum absolute atomic E-state index is 0. The molecule has 0 saturated heterocycles. The summed E-state index contributed by atoms with van der Waals surface area (Å²) in [5, 5.41) is 0. The van der Waals surface area contributed by atoms with Gasteiger partial charge in [0, 0.05) is 0 Å². The Bertz CT molecular complexity index is 7.51. The van der Waals surface area contributed by atoms with Gasteiger partial charge in [-0.3, -0.25) is 0 Å². The predicted molar refractivity (Wildman–Crippen MR) is 2.75 cm³/mol. The van der Waals surface area contributed by atoms with E-state index in [1.54, 1.807) is 0 Å². The molecule has 0 N–H and O–H groups in total. The summed E-state index contributed by atoms with van der Waals surface area (Å²) >= 11 is 0. The van der Waals surface area contributed by atoms with Crippen LogP contribution < -0.4 is 0 Å². The van der Waals surface area contributed by atoms with Gasteiger partial charge < -0.3 is 21.9 Å². The minimum absolute atomic E-state index is 0. The second-order valence-electron chi connectivity index (χ2n) is 0. The van der Waals surface area contributed by atoms with Gasteiger partial charge in [-0.25, -0.2) is 0 Å². The zero-order chi connectivity index (χ0) is 0. The standard InChI is InChI=1S/Co.4O.W/q+2;4*-2;+6. The molecule has 39 valence electrons. The van der Waals surface area contributed by atoms with Crippen molar-refractivity contribution in [1.29, 1.82) is 0 Å². The molecule has 0 bridgehead atoms. The van der Waals surface area contributed by atoms with E-state index in [0.717, 1.165) is 0 Å². The van der Waals surface area contributed by atoms with Gasteiger partial charge in [-0.15, -0.1) is 0 Å². The van der Waals surface area contributed by atoms with E-state index in [1.807, 2.05) is 0 Å². The van der Waals surface area contributed by atoms with E-state index in [4.69, 9.17) is 0 Å². The fourth-order valence-corrected chi connectivity index (χ4v) is 0. The van der Waals surface area contributed by atoms with Gasteiger partial charge in [-0.1, -0.05) is 0 Å². The molecule has 0 aliphatic rings. The Kier molecular flexibility index (Phi) is 5700. The van der Waals surface area contributed by atoms with Gasteiger partial charge in [0.05, 0.1) is 0 Å². The first-order valence-corrected chi connectivity index (χ1v) is 0. The maximum Gasteiger partial charge on any atom is 6.00 e. The van der Waals surface area contributed by atoms with Crippen LogP contribution in [0.4, 0.5) is 0 Å². The summed E-state index contributed by atoms with van der Waals surface area (Å²) < 4.78 is 0. The topological polar surface area (TPSA) is 114 Å². The van der Waals surface area contributed by atoms with Crippen LogP contribution in [0, 0.1) is 0 Å². The Morgan fingerprint density at radius 1 is 0.500 bits per heavy atom. The fraction of sp³-hybridized carbons (Fsp3) is 0. The van der Waals surface area contributed by atoms with Crippen LogP contribution in [0.2, 0.25) is 0 Å². The van der Waals surface area contributed by atoms with Crippen LogP contribution in [0.15, 0.2) is 0 Å². The van der Waals surface area contributed by atoms with Gasteiger partial charge in [-0.05, 0) is 0 Å². The number of rotatable bonds is 0. The van der Waals surface area contributed by atoms with Crippen LogP contribution in [0.1, 0.15) is 0 Å². The molecule has 0 amide bonds. The van der Waals surface area contributed by atoms with Gasteiger partial charge >= 0.3 is 37.8 Å². The second kappa shape index (κ2) is 143. The summed E-state index contributed by atoms with van der Waals surface area (Å²) in [6.45, 7) is 0. The first-order chi connectivity index (χ1) is 0. The van der Waals surface area contributed by atoms with Gasteiger partial charge in [-0.2, -0.15) is 0 Å². The third-order valence-electron chi connectivity index (χ3n) is 0. The summed E-state index contributed by atoms with van der Waals surface area (Å²) in [6, 6.07) is 0. The zero-order valence-corrected chi connectivity index (χ0v) is 6.35. The maximum atomic E-state index is 0. The molecular weight excluding hydrogens is 307 g/mol. The van der Waals surface area contributed by atoms with Crippen molar-refractivity contribution in [3.05, 3.63) is 0 Å². The van der Waals surface area contributed by atoms with Crippen LogP contribution >= 0.6 is 0 Å². The molecular formula is CoO4W. The Morgan fingerprint density at radius 2 is 0.500 bits per heavy atom. The van der Waals surface area contributed by atoms with E-state index in [1.165, 1.54) is 0 Å². The van der Waals surface area contributed by atoms with Crippen LogP contribution in [0.3, 0.4) is 0 Å². The Hall–Kier alpha value is 1.03. The molecule has 1 radical (unpaired) electrons. The van der Waals surface area contributed by atoms with Crippen molar-refractivity contribution in [1.82, 2.24) is 0 Å².